The molecule has 0 heterocycles. The molecule has 0 bridgehead atoms. The van der Waals surface area contributed by atoms with Gasteiger partial charge in [-0.05, 0) is 35.0 Å². The number of amides is 2. The number of primary amides is 1. The Morgan fingerprint density at radius 2 is 2.19 bits per heavy atom. The number of halogens is 1. The van der Waals surface area contributed by atoms with Gasteiger partial charge in [-0.15, -0.1) is 0 Å². The second-order valence-electron chi connectivity index (χ2n) is 3.17. The zero-order chi connectivity index (χ0) is 12.1. The van der Waals surface area contributed by atoms with Gasteiger partial charge in [0.05, 0.1) is 5.56 Å². The Balaban J connectivity index is 2.65. The molecule has 1 aromatic carbocycles. The average molecular weight is 287 g/mol. The highest BCUT2D eigenvalue weighted by Gasteiger charge is 2.10. The summed E-state index contributed by atoms with van der Waals surface area (Å²) in [4.78, 5) is 26.6. The smallest absolute Gasteiger partial charge is 0.276 e. The summed E-state index contributed by atoms with van der Waals surface area (Å²) in [6, 6.07) is 5.33. The number of hydrogen-bond donors (Lipinski definition) is 2. The minimum absolute atomic E-state index is 0.352. The van der Waals surface area contributed by atoms with E-state index in [1.807, 2.05) is 13.0 Å². The molecule has 0 atom stereocenters. The molecule has 86 valence electrons. The van der Waals surface area contributed by atoms with E-state index in [4.69, 9.17) is 5.73 Å². The standard InChI is InChI=1S/C10H11BrN2O3/c1-6-2-3-8(11)7(4-6)10(15)13-16-5-9(12)14/h2-4H,5H2,1H3,(H2,12,14)(H,13,15). The van der Waals surface area contributed by atoms with Crippen LogP contribution in [0, 0.1) is 6.92 Å². The van der Waals surface area contributed by atoms with Crippen molar-refractivity contribution in [3.05, 3.63) is 33.8 Å². The summed E-state index contributed by atoms with van der Waals surface area (Å²) in [5, 5.41) is 0. The molecule has 3 N–H and O–H groups in total. The predicted octanol–water partition coefficient (Wildman–Crippen LogP) is 0.904. The van der Waals surface area contributed by atoms with Gasteiger partial charge < -0.3 is 5.73 Å². The van der Waals surface area contributed by atoms with Crippen LogP contribution < -0.4 is 11.2 Å². The summed E-state index contributed by atoms with van der Waals surface area (Å²) in [5.74, 6) is -1.08. The molecule has 1 aromatic rings. The van der Waals surface area contributed by atoms with E-state index in [-0.39, 0.29) is 6.61 Å². The van der Waals surface area contributed by atoms with Gasteiger partial charge in [-0.25, -0.2) is 5.48 Å². The molecule has 0 aliphatic carbocycles. The maximum absolute atomic E-state index is 11.6. The first-order valence-electron chi connectivity index (χ1n) is 4.47. The Morgan fingerprint density at radius 3 is 2.81 bits per heavy atom. The molecule has 2 amide bonds. The molecule has 6 heteroatoms. The SMILES string of the molecule is Cc1ccc(Br)c(C(=O)NOCC(N)=O)c1. The van der Waals surface area contributed by atoms with Gasteiger partial charge in [0.2, 0.25) is 5.91 Å². The number of nitrogens with two attached hydrogens (primary N) is 1. The van der Waals surface area contributed by atoms with Crippen LogP contribution in [0.1, 0.15) is 15.9 Å². The number of aryl methyl sites for hydroxylation is 1. The lowest BCUT2D eigenvalue weighted by atomic mass is 10.1. The number of carbonyl (C=O) groups is 2. The van der Waals surface area contributed by atoms with Crippen molar-refractivity contribution in [3.8, 4) is 0 Å². The maximum Gasteiger partial charge on any atom is 0.276 e. The highest BCUT2D eigenvalue weighted by atomic mass is 79.9. The van der Waals surface area contributed by atoms with Crippen molar-refractivity contribution in [3.63, 3.8) is 0 Å². The molecule has 0 aliphatic rings. The molecule has 0 unspecified atom stereocenters. The Morgan fingerprint density at radius 1 is 1.50 bits per heavy atom. The van der Waals surface area contributed by atoms with Gasteiger partial charge in [0.15, 0.2) is 6.61 Å². The Labute approximate surface area is 101 Å². The molecule has 16 heavy (non-hydrogen) atoms. The van der Waals surface area contributed by atoms with Gasteiger partial charge in [0.1, 0.15) is 0 Å². The Kier molecular flexibility index (Phi) is 4.45. The third-order valence-electron chi connectivity index (χ3n) is 1.75. The van der Waals surface area contributed by atoms with Crippen LogP contribution in [0.5, 0.6) is 0 Å². The quantitative estimate of drug-likeness (QED) is 0.807. The fraction of sp³-hybridized carbons (Fsp3) is 0.200. The van der Waals surface area contributed by atoms with Crippen molar-refractivity contribution in [2.24, 2.45) is 5.73 Å². The highest BCUT2D eigenvalue weighted by molar-refractivity contribution is 9.10. The van der Waals surface area contributed by atoms with Crippen LogP contribution in [0.15, 0.2) is 22.7 Å². The monoisotopic (exact) mass is 286 g/mol. The summed E-state index contributed by atoms with van der Waals surface area (Å²) in [7, 11) is 0. The van der Waals surface area contributed by atoms with Gasteiger partial charge in [0.25, 0.3) is 5.91 Å². The fourth-order valence-electron chi connectivity index (χ4n) is 1.04. The van der Waals surface area contributed by atoms with Crippen molar-refractivity contribution >= 4 is 27.7 Å². The molecule has 0 spiro atoms. The number of carbonyl (C=O) groups excluding carboxylic acids is 2. The lowest BCUT2D eigenvalue weighted by Gasteiger charge is -2.06. The van der Waals surface area contributed by atoms with Crippen molar-refractivity contribution < 1.29 is 14.4 Å². The fourth-order valence-corrected chi connectivity index (χ4v) is 1.47. The van der Waals surface area contributed by atoms with Crippen LogP contribution in [-0.4, -0.2) is 18.4 Å². The van der Waals surface area contributed by atoms with Crippen LogP contribution in [0.2, 0.25) is 0 Å². The van der Waals surface area contributed by atoms with Crippen LogP contribution in [0.25, 0.3) is 0 Å². The van der Waals surface area contributed by atoms with Crippen LogP contribution in [0.4, 0.5) is 0 Å². The first-order valence-corrected chi connectivity index (χ1v) is 5.26. The van der Waals surface area contributed by atoms with E-state index in [0.717, 1.165) is 5.56 Å². The molecule has 0 saturated carbocycles. The minimum Gasteiger partial charge on any atom is -0.368 e. The van der Waals surface area contributed by atoms with Gasteiger partial charge in [-0.1, -0.05) is 11.6 Å². The summed E-state index contributed by atoms with van der Waals surface area (Å²) in [6.45, 7) is 1.52. The van der Waals surface area contributed by atoms with Gasteiger partial charge in [-0.2, -0.15) is 0 Å². The normalized spacial score (nSPS) is 9.88. The van der Waals surface area contributed by atoms with E-state index in [1.54, 1.807) is 12.1 Å². The maximum atomic E-state index is 11.6. The molecule has 0 aromatic heterocycles. The number of benzene rings is 1. The number of hydroxylamine groups is 1. The molecular formula is C10H11BrN2O3. The third-order valence-corrected chi connectivity index (χ3v) is 2.44. The summed E-state index contributed by atoms with van der Waals surface area (Å²) < 4.78 is 0.651. The van der Waals surface area contributed by atoms with E-state index < -0.39 is 11.8 Å². The third kappa shape index (κ3) is 3.63. The molecule has 0 radical (unpaired) electrons. The van der Waals surface area contributed by atoms with Crippen molar-refractivity contribution in [2.75, 3.05) is 6.61 Å². The second kappa shape index (κ2) is 5.62. The zero-order valence-corrected chi connectivity index (χ0v) is 10.2. The molecule has 0 saturated heterocycles. The largest absolute Gasteiger partial charge is 0.368 e. The van der Waals surface area contributed by atoms with Crippen molar-refractivity contribution in [2.45, 2.75) is 6.92 Å². The lowest BCUT2D eigenvalue weighted by molar-refractivity contribution is -0.124. The summed E-state index contributed by atoms with van der Waals surface area (Å²) in [6.07, 6.45) is 0. The highest BCUT2D eigenvalue weighted by Crippen LogP contribution is 2.17. The van der Waals surface area contributed by atoms with Gasteiger partial charge in [0, 0.05) is 4.47 Å². The van der Waals surface area contributed by atoms with Crippen molar-refractivity contribution in [1.82, 2.24) is 5.48 Å². The first kappa shape index (κ1) is 12.7. The van der Waals surface area contributed by atoms with E-state index >= 15 is 0 Å². The Hall–Kier alpha value is -1.40. The molecule has 1 rings (SSSR count). The van der Waals surface area contributed by atoms with Crippen LogP contribution in [-0.2, 0) is 9.63 Å². The summed E-state index contributed by atoms with van der Waals surface area (Å²) in [5.41, 5.74) is 8.36. The second-order valence-corrected chi connectivity index (χ2v) is 4.02. The molecule has 0 fully saturated rings. The molecular weight excluding hydrogens is 276 g/mol. The van der Waals surface area contributed by atoms with Gasteiger partial charge in [-0.3, -0.25) is 14.4 Å². The van der Waals surface area contributed by atoms with E-state index in [9.17, 15) is 9.59 Å². The molecule has 0 aliphatic heterocycles. The topological polar surface area (TPSA) is 81.4 Å². The van der Waals surface area contributed by atoms with Crippen LogP contribution >= 0.6 is 15.9 Å². The Bertz CT molecular complexity index is 421. The van der Waals surface area contributed by atoms with E-state index in [1.165, 1.54) is 0 Å². The first-order chi connectivity index (χ1) is 7.50. The van der Waals surface area contributed by atoms with E-state index in [2.05, 4.69) is 26.2 Å². The van der Waals surface area contributed by atoms with Gasteiger partial charge >= 0.3 is 0 Å². The number of nitrogens with one attached hydrogen (secondary N) is 1. The van der Waals surface area contributed by atoms with E-state index in [0.29, 0.717) is 10.0 Å². The average Bonchev–Trinajstić information content (AvgIpc) is 2.21. The lowest BCUT2D eigenvalue weighted by Crippen LogP contribution is -2.29. The minimum atomic E-state index is -0.649. The number of rotatable bonds is 4. The number of hydrogen-bond acceptors (Lipinski definition) is 3. The molecule has 5 nitrogen and oxygen atoms in total. The predicted molar refractivity (Wildman–Crippen MR) is 61.5 cm³/mol. The summed E-state index contributed by atoms with van der Waals surface area (Å²) >= 11 is 3.24. The zero-order valence-electron chi connectivity index (χ0n) is 8.62. The van der Waals surface area contributed by atoms with Crippen LogP contribution in [0.3, 0.4) is 0 Å². The van der Waals surface area contributed by atoms with Crippen molar-refractivity contribution in [1.29, 1.82) is 0 Å².